The number of amides is 1. The minimum absolute atomic E-state index is 0.129. The third-order valence-electron chi connectivity index (χ3n) is 4.86. The predicted octanol–water partition coefficient (Wildman–Crippen LogP) is 3.47. The van der Waals surface area contributed by atoms with Gasteiger partial charge in [-0.1, -0.05) is 30.3 Å². The van der Waals surface area contributed by atoms with Gasteiger partial charge in [-0.25, -0.2) is 14.4 Å². The first kappa shape index (κ1) is 24.7. The first-order valence-corrected chi connectivity index (χ1v) is 10.6. The second kappa shape index (κ2) is 10.6. The van der Waals surface area contributed by atoms with Crippen LogP contribution >= 0.6 is 0 Å². The van der Waals surface area contributed by atoms with Gasteiger partial charge in [-0.15, -0.1) is 0 Å². The Bertz CT molecular complexity index is 759. The zero-order chi connectivity index (χ0) is 23.1. The number of hydrogen-bond acceptors (Lipinski definition) is 7. The fraction of sp³-hybridized carbons (Fsp3) is 0.609. The molecule has 1 fully saturated rings. The lowest BCUT2D eigenvalue weighted by atomic mass is 9.97. The van der Waals surface area contributed by atoms with Crippen molar-refractivity contribution in [2.45, 2.75) is 71.2 Å². The Morgan fingerprint density at radius 1 is 1.06 bits per heavy atom. The van der Waals surface area contributed by atoms with Gasteiger partial charge in [0.25, 0.3) is 0 Å². The molecule has 172 valence electrons. The molecule has 1 aliphatic heterocycles. The smallest absolute Gasteiger partial charge is 0.412 e. The van der Waals surface area contributed by atoms with E-state index in [-0.39, 0.29) is 39.3 Å². The second-order valence-corrected chi connectivity index (χ2v) is 8.39. The summed E-state index contributed by atoms with van der Waals surface area (Å²) in [6.45, 7) is 8.94. The van der Waals surface area contributed by atoms with Gasteiger partial charge >= 0.3 is 18.0 Å². The van der Waals surface area contributed by atoms with Crippen molar-refractivity contribution >= 4 is 18.0 Å². The van der Waals surface area contributed by atoms with E-state index < -0.39 is 35.2 Å². The van der Waals surface area contributed by atoms with Crippen molar-refractivity contribution in [2.24, 2.45) is 0 Å². The molecule has 0 aromatic heterocycles. The maximum absolute atomic E-state index is 13.2. The Labute approximate surface area is 183 Å². The summed E-state index contributed by atoms with van der Waals surface area (Å²) in [5.74, 6) is -1.21. The van der Waals surface area contributed by atoms with Crippen molar-refractivity contribution in [1.29, 1.82) is 0 Å². The molecule has 1 aromatic carbocycles. The molecule has 0 N–H and O–H groups in total. The van der Waals surface area contributed by atoms with E-state index in [9.17, 15) is 14.4 Å². The summed E-state index contributed by atoms with van der Waals surface area (Å²) >= 11 is 0. The van der Waals surface area contributed by atoms with Crippen LogP contribution in [0.2, 0.25) is 0 Å². The number of rotatable bonds is 8. The van der Waals surface area contributed by atoms with Gasteiger partial charge < -0.3 is 18.9 Å². The van der Waals surface area contributed by atoms with E-state index in [0.717, 1.165) is 5.56 Å². The van der Waals surface area contributed by atoms with Crippen molar-refractivity contribution in [3.63, 3.8) is 0 Å². The lowest BCUT2D eigenvalue weighted by Gasteiger charge is -2.38. The number of carbonyl (C=O) groups is 3. The molecule has 8 nitrogen and oxygen atoms in total. The van der Waals surface area contributed by atoms with E-state index in [1.54, 1.807) is 34.6 Å². The molecule has 0 aliphatic carbocycles. The average Bonchev–Trinajstić information content (AvgIpc) is 3.09. The van der Waals surface area contributed by atoms with Crippen molar-refractivity contribution in [2.75, 3.05) is 19.8 Å². The Morgan fingerprint density at radius 2 is 1.71 bits per heavy atom. The van der Waals surface area contributed by atoms with Gasteiger partial charge in [-0.3, -0.25) is 4.90 Å². The largest absolute Gasteiger partial charge is 0.464 e. The minimum atomic E-state index is -1.48. The van der Waals surface area contributed by atoms with Gasteiger partial charge in [-0.05, 0) is 53.0 Å². The van der Waals surface area contributed by atoms with E-state index >= 15 is 0 Å². The predicted molar refractivity (Wildman–Crippen MR) is 113 cm³/mol. The molecular weight excluding hydrogens is 402 g/mol. The highest BCUT2D eigenvalue weighted by atomic mass is 16.6. The first-order valence-electron chi connectivity index (χ1n) is 10.6. The molecule has 1 amide bonds. The number of likely N-dealkylation sites (tertiary alicyclic amines) is 1. The molecule has 2 atom stereocenters. The van der Waals surface area contributed by atoms with E-state index in [2.05, 4.69) is 0 Å². The van der Waals surface area contributed by atoms with Gasteiger partial charge in [0.15, 0.2) is 5.54 Å². The van der Waals surface area contributed by atoms with Crippen LogP contribution in [0.3, 0.4) is 0 Å². The quantitative estimate of drug-likeness (QED) is 0.456. The molecule has 31 heavy (non-hydrogen) atoms. The van der Waals surface area contributed by atoms with E-state index in [1.807, 2.05) is 30.3 Å². The van der Waals surface area contributed by atoms with Crippen molar-refractivity contribution in [3.8, 4) is 0 Å². The molecule has 0 radical (unpaired) electrons. The third-order valence-corrected chi connectivity index (χ3v) is 4.86. The van der Waals surface area contributed by atoms with E-state index in [4.69, 9.17) is 18.9 Å². The molecule has 2 rings (SSSR count). The van der Waals surface area contributed by atoms with Gasteiger partial charge in [0.05, 0.1) is 26.4 Å². The summed E-state index contributed by atoms with van der Waals surface area (Å²) in [5, 5.41) is 0. The van der Waals surface area contributed by atoms with Crippen molar-refractivity contribution in [3.05, 3.63) is 35.9 Å². The fourth-order valence-electron chi connectivity index (χ4n) is 3.58. The highest BCUT2D eigenvalue weighted by molar-refractivity contribution is 5.91. The normalized spacial score (nSPS) is 20.9. The molecule has 8 heteroatoms. The Hall–Kier alpha value is -2.61. The van der Waals surface area contributed by atoms with Crippen LogP contribution in [0.5, 0.6) is 0 Å². The van der Waals surface area contributed by atoms with Gasteiger partial charge in [0.2, 0.25) is 0 Å². The topological polar surface area (TPSA) is 91.4 Å². The number of ether oxygens (including phenoxy) is 4. The maximum atomic E-state index is 13.2. The molecule has 1 aromatic rings. The summed E-state index contributed by atoms with van der Waals surface area (Å²) < 4.78 is 21.9. The lowest BCUT2D eigenvalue weighted by molar-refractivity contribution is -0.164. The number of hydrogen-bond donors (Lipinski definition) is 0. The van der Waals surface area contributed by atoms with Crippen molar-refractivity contribution < 1.29 is 33.3 Å². The fourth-order valence-corrected chi connectivity index (χ4v) is 3.58. The molecule has 2 unspecified atom stereocenters. The van der Waals surface area contributed by atoms with Crippen LogP contribution in [0.1, 0.15) is 53.0 Å². The van der Waals surface area contributed by atoms with E-state index in [1.165, 1.54) is 4.90 Å². The molecule has 0 saturated carbocycles. The monoisotopic (exact) mass is 435 g/mol. The number of benzene rings is 1. The van der Waals surface area contributed by atoms with Crippen LogP contribution in [-0.2, 0) is 35.1 Å². The number of esters is 2. The molecule has 1 saturated heterocycles. The van der Waals surface area contributed by atoms with Crippen LogP contribution < -0.4 is 0 Å². The molecular formula is C23H33NO7. The average molecular weight is 436 g/mol. The summed E-state index contributed by atoms with van der Waals surface area (Å²) in [6.07, 6.45) is -0.339. The lowest BCUT2D eigenvalue weighted by Crippen LogP contribution is -2.61. The minimum Gasteiger partial charge on any atom is -0.464 e. The maximum Gasteiger partial charge on any atom is 0.412 e. The van der Waals surface area contributed by atoms with Crippen LogP contribution in [-0.4, -0.2) is 59.9 Å². The second-order valence-electron chi connectivity index (χ2n) is 8.39. The summed E-state index contributed by atoms with van der Waals surface area (Å²) in [7, 11) is 0. The van der Waals surface area contributed by atoms with Gasteiger partial charge in [0.1, 0.15) is 11.6 Å². The van der Waals surface area contributed by atoms with Crippen LogP contribution in [0.25, 0.3) is 0 Å². The van der Waals surface area contributed by atoms with E-state index in [0.29, 0.717) is 0 Å². The Balaban J connectivity index is 2.36. The number of carbonyl (C=O) groups excluding carboxylic acids is 3. The molecule has 1 heterocycles. The van der Waals surface area contributed by atoms with Crippen LogP contribution in [0.15, 0.2) is 30.3 Å². The van der Waals surface area contributed by atoms with Gasteiger partial charge in [0, 0.05) is 0 Å². The van der Waals surface area contributed by atoms with Crippen LogP contribution in [0.4, 0.5) is 4.79 Å². The SMILES string of the molecule is CCOC(=O)C1CCC(COCc2ccccc2)(C(=O)OCC)N1C(=O)OC(C)(C)C. The Morgan fingerprint density at radius 3 is 2.29 bits per heavy atom. The highest BCUT2D eigenvalue weighted by Crippen LogP contribution is 2.38. The Kier molecular flexibility index (Phi) is 8.44. The molecule has 1 aliphatic rings. The summed E-state index contributed by atoms with van der Waals surface area (Å²) in [5.41, 5.74) is -1.38. The zero-order valence-corrected chi connectivity index (χ0v) is 19.0. The van der Waals surface area contributed by atoms with Crippen molar-refractivity contribution in [1.82, 2.24) is 4.90 Å². The third kappa shape index (κ3) is 6.19. The highest BCUT2D eigenvalue weighted by Gasteiger charge is 2.59. The summed E-state index contributed by atoms with van der Waals surface area (Å²) in [6, 6.07) is 8.52. The summed E-state index contributed by atoms with van der Waals surface area (Å²) in [4.78, 5) is 40.1. The molecule has 0 spiro atoms. The molecule has 0 bridgehead atoms. The van der Waals surface area contributed by atoms with Gasteiger partial charge in [-0.2, -0.15) is 0 Å². The first-order chi connectivity index (χ1) is 14.6. The standard InChI is InChI=1S/C23H33NO7/c1-6-29-19(25)18-13-14-23(20(26)30-7-2,24(18)21(27)31-22(3,4)5)16-28-15-17-11-9-8-10-12-17/h8-12,18H,6-7,13-16H2,1-5H3. The number of nitrogens with zero attached hydrogens (tertiary/aromatic N) is 1. The van der Waals surface area contributed by atoms with Crippen LogP contribution in [0, 0.1) is 0 Å². The zero-order valence-electron chi connectivity index (χ0n) is 19.0.